The van der Waals surface area contributed by atoms with Crippen molar-refractivity contribution in [2.24, 2.45) is 23.7 Å². The van der Waals surface area contributed by atoms with Crippen molar-refractivity contribution in [1.29, 1.82) is 0 Å². The number of nitrogens with one attached hydrogen (secondary N) is 2. The second-order valence-electron chi connectivity index (χ2n) is 9.47. The highest BCUT2D eigenvalue weighted by Gasteiger charge is 2.49. The van der Waals surface area contributed by atoms with Gasteiger partial charge in [-0.05, 0) is 81.8 Å². The molecule has 0 spiro atoms. The van der Waals surface area contributed by atoms with Gasteiger partial charge in [-0.1, -0.05) is 17.6 Å². The summed E-state index contributed by atoms with van der Waals surface area (Å²) in [6.45, 7) is 3.29. The van der Waals surface area contributed by atoms with Crippen LogP contribution in [0.15, 0.2) is 29.2 Å². The van der Waals surface area contributed by atoms with Crippen molar-refractivity contribution in [3.05, 3.63) is 24.3 Å². The molecule has 0 atom stereocenters. The summed E-state index contributed by atoms with van der Waals surface area (Å²) in [5, 5.41) is 3.22. The Morgan fingerprint density at radius 3 is 2.04 bits per heavy atom. The Kier molecular flexibility index (Phi) is 4.66. The quantitative estimate of drug-likeness (QED) is 0.738. The van der Waals surface area contributed by atoms with E-state index in [2.05, 4.69) is 10.0 Å². The third-order valence-electron chi connectivity index (χ3n) is 6.81. The molecule has 5 rings (SSSR count). The van der Waals surface area contributed by atoms with E-state index in [4.69, 9.17) is 0 Å². The molecule has 4 aliphatic carbocycles. The second-order valence-corrected chi connectivity index (χ2v) is 11.2. The van der Waals surface area contributed by atoms with Crippen molar-refractivity contribution >= 4 is 29.2 Å². The van der Waals surface area contributed by atoms with Crippen molar-refractivity contribution in [2.75, 3.05) is 0 Å². The average Bonchev–Trinajstić information content (AvgIpc) is 2.56. The minimum atomic E-state index is -3.75. The smallest absolute Gasteiger partial charge is 0.241 e. The van der Waals surface area contributed by atoms with Crippen molar-refractivity contribution in [1.82, 2.24) is 10.0 Å². The molecule has 2 N–H and O–H groups in total. The van der Waals surface area contributed by atoms with Gasteiger partial charge in [0.1, 0.15) is 13.4 Å². The van der Waals surface area contributed by atoms with Crippen molar-refractivity contribution in [3.63, 3.8) is 0 Å². The molecule has 0 aromatic heterocycles. The van der Waals surface area contributed by atoms with E-state index >= 15 is 0 Å². The summed E-state index contributed by atoms with van der Waals surface area (Å²) >= 11 is 0. The van der Waals surface area contributed by atoms with Gasteiger partial charge in [-0.3, -0.25) is 4.79 Å². The molecule has 1 aromatic carbocycles. The highest BCUT2D eigenvalue weighted by Crippen LogP contribution is 2.53. The van der Waals surface area contributed by atoms with Crippen LogP contribution in [0.4, 0.5) is 0 Å². The van der Waals surface area contributed by atoms with Gasteiger partial charge >= 0.3 is 0 Å². The molecule has 0 heterocycles. The van der Waals surface area contributed by atoms with Crippen LogP contribution < -0.4 is 15.5 Å². The highest BCUT2D eigenvalue weighted by molar-refractivity contribution is 7.89. The Labute approximate surface area is 163 Å². The van der Waals surface area contributed by atoms with E-state index in [1.54, 1.807) is 38.1 Å². The van der Waals surface area contributed by atoms with E-state index in [0.717, 1.165) is 17.3 Å². The molecule has 1 amide bonds. The van der Waals surface area contributed by atoms with Gasteiger partial charge in [0.25, 0.3) is 0 Å². The first-order valence-corrected chi connectivity index (χ1v) is 11.5. The van der Waals surface area contributed by atoms with Gasteiger partial charge in [0.2, 0.25) is 15.9 Å². The van der Waals surface area contributed by atoms with Crippen LogP contribution in [0.1, 0.15) is 46.0 Å². The molecule has 27 heavy (non-hydrogen) atoms. The van der Waals surface area contributed by atoms with Crippen LogP contribution in [0.5, 0.6) is 0 Å². The number of rotatable bonds is 5. The number of hydrogen-bond acceptors (Lipinski definition) is 3. The summed E-state index contributed by atoms with van der Waals surface area (Å²) in [6.07, 6.45) is 6.23. The zero-order valence-electron chi connectivity index (χ0n) is 16.4. The Hall–Kier alpha value is -1.34. The molecule has 4 saturated carbocycles. The highest BCUT2D eigenvalue weighted by atomic mass is 32.2. The van der Waals surface area contributed by atoms with Crippen molar-refractivity contribution in [3.8, 4) is 0 Å². The fourth-order valence-electron chi connectivity index (χ4n) is 5.65. The van der Waals surface area contributed by atoms with Crippen molar-refractivity contribution < 1.29 is 13.2 Å². The standard InChI is InChI=1S/C20H29BN2O3S/c1-20(2,23-27(25,26)17-5-3-16(21)4-6-17)19(24)22-18-14-8-12-7-13(10-14)11-15(18)9-12/h3-6,12-15,18,23H,7-11,21H2,1-2H3,(H,22,24). The maximum absolute atomic E-state index is 13.0. The second kappa shape index (κ2) is 6.62. The summed E-state index contributed by atoms with van der Waals surface area (Å²) in [7, 11) is -1.84. The minimum absolute atomic E-state index is 0.184. The maximum atomic E-state index is 13.0. The largest absolute Gasteiger partial charge is 0.351 e. The van der Waals surface area contributed by atoms with E-state index in [-0.39, 0.29) is 16.8 Å². The van der Waals surface area contributed by atoms with Crippen LogP contribution in [0.25, 0.3) is 0 Å². The number of carbonyl (C=O) groups excluding carboxylic acids is 1. The van der Waals surface area contributed by atoms with Gasteiger partial charge in [0, 0.05) is 6.04 Å². The Morgan fingerprint density at radius 1 is 1.00 bits per heavy atom. The van der Waals surface area contributed by atoms with E-state index in [1.807, 2.05) is 7.85 Å². The average molecular weight is 388 g/mol. The maximum Gasteiger partial charge on any atom is 0.241 e. The van der Waals surface area contributed by atoms with Crippen LogP contribution in [-0.2, 0) is 14.8 Å². The topological polar surface area (TPSA) is 75.3 Å². The summed E-state index contributed by atoms with van der Waals surface area (Å²) in [5.41, 5.74) is -0.203. The third kappa shape index (κ3) is 3.68. The van der Waals surface area contributed by atoms with Crippen LogP contribution in [0.2, 0.25) is 0 Å². The molecular formula is C20H29BN2O3S. The summed E-state index contributed by atoms with van der Waals surface area (Å²) in [6, 6.07) is 6.87. The Bertz CT molecular complexity index is 807. The minimum Gasteiger partial charge on any atom is -0.351 e. The van der Waals surface area contributed by atoms with Gasteiger partial charge < -0.3 is 5.32 Å². The lowest BCUT2D eigenvalue weighted by Crippen LogP contribution is -2.62. The SMILES string of the molecule is Bc1ccc(S(=O)(=O)NC(C)(C)C(=O)NC2C3CC4CC(C3)CC2C4)cc1. The summed E-state index contributed by atoms with van der Waals surface area (Å²) in [5.74, 6) is 2.59. The van der Waals surface area contributed by atoms with Crippen LogP contribution in [0.3, 0.4) is 0 Å². The number of sulfonamides is 1. The first-order chi connectivity index (χ1) is 12.6. The molecule has 4 fully saturated rings. The Balaban J connectivity index is 1.45. The molecule has 7 heteroatoms. The van der Waals surface area contributed by atoms with Crippen LogP contribution >= 0.6 is 0 Å². The normalized spacial score (nSPS) is 32.4. The predicted molar refractivity (Wildman–Crippen MR) is 108 cm³/mol. The summed E-state index contributed by atoms with van der Waals surface area (Å²) < 4.78 is 28.0. The van der Waals surface area contributed by atoms with Gasteiger partial charge in [0.05, 0.1) is 4.90 Å². The van der Waals surface area contributed by atoms with E-state index in [0.29, 0.717) is 11.8 Å². The van der Waals surface area contributed by atoms with E-state index in [1.165, 1.54) is 32.1 Å². The number of carbonyl (C=O) groups is 1. The zero-order chi connectivity index (χ0) is 19.4. The third-order valence-corrected chi connectivity index (χ3v) is 8.48. The molecule has 0 saturated heterocycles. The number of hydrogen-bond donors (Lipinski definition) is 2. The molecule has 1 aromatic rings. The number of amides is 1. The Morgan fingerprint density at radius 2 is 1.52 bits per heavy atom. The molecule has 4 aliphatic rings. The lowest BCUT2D eigenvalue weighted by molar-refractivity contribution is -0.129. The lowest BCUT2D eigenvalue weighted by Gasteiger charge is -2.54. The lowest BCUT2D eigenvalue weighted by atomic mass is 9.54. The summed E-state index contributed by atoms with van der Waals surface area (Å²) in [4.78, 5) is 13.2. The monoisotopic (exact) mass is 388 g/mol. The fraction of sp³-hybridized carbons (Fsp3) is 0.650. The molecule has 5 nitrogen and oxygen atoms in total. The van der Waals surface area contributed by atoms with Crippen LogP contribution in [-0.4, -0.2) is 33.8 Å². The zero-order valence-corrected chi connectivity index (χ0v) is 17.2. The van der Waals surface area contributed by atoms with E-state index < -0.39 is 15.6 Å². The molecule has 0 aliphatic heterocycles. The van der Waals surface area contributed by atoms with Gasteiger partial charge in [-0.2, -0.15) is 4.72 Å². The van der Waals surface area contributed by atoms with Gasteiger partial charge in [-0.25, -0.2) is 8.42 Å². The van der Waals surface area contributed by atoms with Crippen LogP contribution in [0, 0.1) is 23.7 Å². The molecular weight excluding hydrogens is 359 g/mol. The molecule has 146 valence electrons. The van der Waals surface area contributed by atoms with Gasteiger partial charge in [-0.15, -0.1) is 0 Å². The molecule has 4 bridgehead atoms. The van der Waals surface area contributed by atoms with Gasteiger partial charge in [0.15, 0.2) is 0 Å². The van der Waals surface area contributed by atoms with Crippen molar-refractivity contribution in [2.45, 2.75) is 62.4 Å². The molecule has 0 unspecified atom stereocenters. The molecule has 0 radical (unpaired) electrons. The first-order valence-electron chi connectivity index (χ1n) is 10.1. The predicted octanol–water partition coefficient (Wildman–Crippen LogP) is 0.943. The fourth-order valence-corrected chi connectivity index (χ4v) is 7.03. The van der Waals surface area contributed by atoms with E-state index in [9.17, 15) is 13.2 Å². The first kappa shape index (κ1) is 19.0. The number of benzene rings is 1.